The van der Waals surface area contributed by atoms with Crippen molar-refractivity contribution in [3.63, 3.8) is 0 Å². The summed E-state index contributed by atoms with van der Waals surface area (Å²) >= 11 is 2.20. The Kier molecular flexibility index (Phi) is 4.98. The molecule has 1 atom stereocenters. The zero-order valence-corrected chi connectivity index (χ0v) is 15.3. The van der Waals surface area contributed by atoms with Crippen LogP contribution in [-0.4, -0.2) is 22.1 Å². The molecule has 1 aliphatic heterocycles. The van der Waals surface area contributed by atoms with Gasteiger partial charge in [0.15, 0.2) is 5.69 Å². The van der Waals surface area contributed by atoms with Gasteiger partial charge in [0, 0.05) is 4.90 Å². The molecular formula is C16H13F3N2O3S2. The van der Waals surface area contributed by atoms with Gasteiger partial charge in [-0.25, -0.2) is 9.78 Å². The van der Waals surface area contributed by atoms with E-state index in [-0.39, 0.29) is 26.6 Å². The quantitative estimate of drug-likeness (QED) is 0.777. The van der Waals surface area contributed by atoms with Gasteiger partial charge in [-0.15, -0.1) is 23.1 Å². The molecule has 0 radical (unpaired) electrons. The van der Waals surface area contributed by atoms with Gasteiger partial charge in [0.25, 0.3) is 0 Å². The Morgan fingerprint density at radius 2 is 2.12 bits per heavy atom. The van der Waals surface area contributed by atoms with E-state index in [1.807, 2.05) is 0 Å². The minimum Gasteiger partial charge on any atom is -0.456 e. The highest BCUT2D eigenvalue weighted by molar-refractivity contribution is 8.00. The van der Waals surface area contributed by atoms with Gasteiger partial charge in [-0.1, -0.05) is 0 Å². The number of thiazole rings is 1. The SMILES string of the molecule is Cc1nc(C(F)(F)F)c(COC(=O)c2ccc3c(c2)NC(=O)[C@H](C)S3)s1. The second-order valence-electron chi connectivity index (χ2n) is 5.54. The summed E-state index contributed by atoms with van der Waals surface area (Å²) in [5, 5.41) is 2.69. The number of thioether (sulfide) groups is 1. The topological polar surface area (TPSA) is 68.3 Å². The van der Waals surface area contributed by atoms with Gasteiger partial charge >= 0.3 is 12.1 Å². The molecule has 138 valence electrons. The fourth-order valence-electron chi connectivity index (χ4n) is 2.34. The number of aryl methyl sites for hydroxylation is 1. The van der Waals surface area contributed by atoms with Crippen LogP contribution < -0.4 is 5.32 Å². The first-order chi connectivity index (χ1) is 12.1. The number of rotatable bonds is 3. The molecule has 0 fully saturated rings. The van der Waals surface area contributed by atoms with Gasteiger partial charge in [0.1, 0.15) is 6.61 Å². The lowest BCUT2D eigenvalue weighted by molar-refractivity contribution is -0.141. The molecule has 1 aromatic carbocycles. The van der Waals surface area contributed by atoms with Crippen molar-refractivity contribution < 1.29 is 27.5 Å². The van der Waals surface area contributed by atoms with Crippen LogP contribution in [0.2, 0.25) is 0 Å². The lowest BCUT2D eigenvalue weighted by Gasteiger charge is -2.21. The third-order valence-electron chi connectivity index (χ3n) is 3.55. The Labute approximate surface area is 155 Å². The van der Waals surface area contributed by atoms with E-state index < -0.39 is 24.4 Å². The molecule has 0 bridgehead atoms. The van der Waals surface area contributed by atoms with Crippen LogP contribution in [0.25, 0.3) is 0 Å². The summed E-state index contributed by atoms with van der Waals surface area (Å²) in [6, 6.07) is 4.64. The Morgan fingerprint density at radius 1 is 1.38 bits per heavy atom. The number of nitrogens with one attached hydrogen (secondary N) is 1. The van der Waals surface area contributed by atoms with Crippen LogP contribution in [0.1, 0.15) is 32.9 Å². The van der Waals surface area contributed by atoms with Crippen molar-refractivity contribution in [2.75, 3.05) is 5.32 Å². The number of fused-ring (bicyclic) bond motifs is 1. The third-order valence-corrected chi connectivity index (χ3v) is 5.68. The van der Waals surface area contributed by atoms with Crippen LogP contribution in [0.3, 0.4) is 0 Å². The molecule has 0 spiro atoms. The standard InChI is InChI=1S/C16H13F3N2O3S2/c1-7-14(22)21-10-5-9(3-4-11(10)25-7)15(23)24-6-12-13(16(17,18)19)20-8(2)26-12/h3-5,7H,6H2,1-2H3,(H,21,22)/t7-/m0/s1. The predicted molar refractivity (Wildman–Crippen MR) is 91.4 cm³/mol. The Morgan fingerprint density at radius 3 is 2.81 bits per heavy atom. The van der Waals surface area contributed by atoms with E-state index in [1.54, 1.807) is 13.0 Å². The van der Waals surface area contributed by atoms with Crippen LogP contribution in [0, 0.1) is 6.92 Å². The Balaban J connectivity index is 1.74. The molecule has 2 aromatic rings. The van der Waals surface area contributed by atoms with Crippen molar-refractivity contribution in [1.82, 2.24) is 4.98 Å². The average Bonchev–Trinajstić information content (AvgIpc) is 2.94. The minimum absolute atomic E-state index is 0.147. The van der Waals surface area contributed by atoms with E-state index in [0.29, 0.717) is 5.69 Å². The maximum Gasteiger partial charge on any atom is 0.434 e. The zero-order valence-electron chi connectivity index (χ0n) is 13.6. The molecule has 26 heavy (non-hydrogen) atoms. The maximum atomic E-state index is 12.9. The minimum atomic E-state index is -4.60. The number of hydrogen-bond acceptors (Lipinski definition) is 6. The van der Waals surface area contributed by atoms with Crippen molar-refractivity contribution in [3.8, 4) is 0 Å². The molecule has 0 saturated heterocycles. The number of anilines is 1. The fourth-order valence-corrected chi connectivity index (χ4v) is 4.14. The summed E-state index contributed by atoms with van der Waals surface area (Å²) in [4.78, 5) is 28.0. The van der Waals surface area contributed by atoms with Gasteiger partial charge in [-0.05, 0) is 32.0 Å². The van der Waals surface area contributed by atoms with Crippen LogP contribution in [0.5, 0.6) is 0 Å². The van der Waals surface area contributed by atoms with Crippen molar-refractivity contribution in [1.29, 1.82) is 0 Å². The monoisotopic (exact) mass is 402 g/mol. The molecule has 1 amide bonds. The Hall–Kier alpha value is -2.07. The number of carbonyl (C=O) groups excluding carboxylic acids is 2. The van der Waals surface area contributed by atoms with Crippen LogP contribution in [0.15, 0.2) is 23.1 Å². The summed E-state index contributed by atoms with van der Waals surface area (Å²) in [5.74, 6) is -0.951. The summed E-state index contributed by atoms with van der Waals surface area (Å²) in [6.07, 6.45) is -4.60. The summed E-state index contributed by atoms with van der Waals surface area (Å²) in [6.45, 7) is 2.70. The first-order valence-electron chi connectivity index (χ1n) is 7.47. The van der Waals surface area contributed by atoms with E-state index >= 15 is 0 Å². The van der Waals surface area contributed by atoms with E-state index in [1.165, 1.54) is 30.8 Å². The largest absolute Gasteiger partial charge is 0.456 e. The fraction of sp³-hybridized carbons (Fsp3) is 0.312. The number of alkyl halides is 3. The Bertz CT molecular complexity index is 880. The maximum absolute atomic E-state index is 12.9. The molecule has 1 aromatic heterocycles. The molecule has 10 heteroatoms. The summed E-state index contributed by atoms with van der Waals surface area (Å²) < 4.78 is 43.8. The van der Waals surface area contributed by atoms with Crippen molar-refractivity contribution >= 4 is 40.7 Å². The molecule has 0 aliphatic carbocycles. The normalized spacial score (nSPS) is 16.8. The molecule has 5 nitrogen and oxygen atoms in total. The molecule has 2 heterocycles. The van der Waals surface area contributed by atoms with E-state index in [0.717, 1.165) is 16.2 Å². The number of halogens is 3. The van der Waals surface area contributed by atoms with Crippen molar-refractivity contribution in [3.05, 3.63) is 39.3 Å². The lowest BCUT2D eigenvalue weighted by Crippen LogP contribution is -2.26. The highest BCUT2D eigenvalue weighted by Gasteiger charge is 2.37. The van der Waals surface area contributed by atoms with Crippen molar-refractivity contribution in [2.24, 2.45) is 0 Å². The molecule has 1 aliphatic rings. The predicted octanol–water partition coefficient (Wildman–Crippen LogP) is 4.26. The van der Waals surface area contributed by atoms with Gasteiger partial charge in [-0.3, -0.25) is 4.79 Å². The first kappa shape index (κ1) is 18.7. The smallest absolute Gasteiger partial charge is 0.434 e. The van der Waals surface area contributed by atoms with Crippen LogP contribution in [-0.2, 0) is 22.3 Å². The molecule has 1 N–H and O–H groups in total. The molecule has 3 rings (SSSR count). The van der Waals surface area contributed by atoms with Crippen LogP contribution >= 0.6 is 23.1 Å². The average molecular weight is 402 g/mol. The number of benzene rings is 1. The van der Waals surface area contributed by atoms with Crippen LogP contribution in [0.4, 0.5) is 18.9 Å². The number of hydrogen-bond donors (Lipinski definition) is 1. The number of aromatic nitrogens is 1. The molecule has 0 unspecified atom stereocenters. The molecule has 0 saturated carbocycles. The lowest BCUT2D eigenvalue weighted by atomic mass is 10.2. The van der Waals surface area contributed by atoms with Crippen molar-refractivity contribution in [2.45, 2.75) is 36.8 Å². The van der Waals surface area contributed by atoms with E-state index in [9.17, 15) is 22.8 Å². The summed E-state index contributed by atoms with van der Waals surface area (Å²) in [5.41, 5.74) is -0.401. The van der Waals surface area contributed by atoms with Gasteiger partial charge in [-0.2, -0.15) is 13.2 Å². The number of nitrogens with zero attached hydrogens (tertiary/aromatic N) is 1. The summed E-state index contributed by atoms with van der Waals surface area (Å²) in [7, 11) is 0. The second kappa shape index (κ2) is 6.92. The van der Waals surface area contributed by atoms with Gasteiger partial charge < -0.3 is 10.1 Å². The highest BCUT2D eigenvalue weighted by Crippen LogP contribution is 2.37. The second-order valence-corrected chi connectivity index (χ2v) is 8.21. The van der Waals surface area contributed by atoms with Gasteiger partial charge in [0.05, 0.1) is 26.4 Å². The third kappa shape index (κ3) is 3.85. The van der Waals surface area contributed by atoms with Gasteiger partial charge in [0.2, 0.25) is 5.91 Å². The number of carbonyl (C=O) groups is 2. The highest BCUT2D eigenvalue weighted by atomic mass is 32.2. The zero-order chi connectivity index (χ0) is 19.1. The first-order valence-corrected chi connectivity index (χ1v) is 9.17. The van der Waals surface area contributed by atoms with E-state index in [2.05, 4.69) is 10.3 Å². The number of amides is 1. The number of esters is 1. The van der Waals surface area contributed by atoms with E-state index in [4.69, 9.17) is 4.74 Å². The molecular weight excluding hydrogens is 389 g/mol. The number of ether oxygens (including phenoxy) is 1.